The number of hydrogen-bond acceptors (Lipinski definition) is 6. The number of fused-ring (bicyclic) bond motifs is 3. The molecule has 3 aromatic heterocycles. The number of aromatic amines is 1. The second-order valence-corrected chi connectivity index (χ2v) is 6.45. The van der Waals surface area contributed by atoms with E-state index in [-0.39, 0.29) is 11.1 Å². The fourth-order valence-corrected chi connectivity index (χ4v) is 3.52. The van der Waals surface area contributed by atoms with Crippen molar-refractivity contribution in [2.45, 2.75) is 24.4 Å². The highest BCUT2D eigenvalue weighted by molar-refractivity contribution is 7.98. The van der Waals surface area contributed by atoms with Gasteiger partial charge in [-0.1, -0.05) is 30.0 Å². The second kappa shape index (κ2) is 6.21. The van der Waals surface area contributed by atoms with E-state index < -0.39 is 0 Å². The van der Waals surface area contributed by atoms with Gasteiger partial charge in [0.25, 0.3) is 5.56 Å². The number of nitrogens with one attached hydrogen (secondary N) is 1. The van der Waals surface area contributed by atoms with Crippen molar-refractivity contribution in [3.63, 3.8) is 0 Å². The van der Waals surface area contributed by atoms with Crippen LogP contribution >= 0.6 is 11.8 Å². The number of H-pyrrole nitrogens is 1. The summed E-state index contributed by atoms with van der Waals surface area (Å²) >= 11 is 1.46. The van der Waals surface area contributed by atoms with Crippen molar-refractivity contribution in [2.24, 2.45) is 0 Å². The molecule has 1 N–H and O–H groups in total. The number of benzene rings is 1. The van der Waals surface area contributed by atoms with E-state index in [1.54, 1.807) is 6.08 Å². The predicted molar refractivity (Wildman–Crippen MR) is 96.7 cm³/mol. The first-order valence-corrected chi connectivity index (χ1v) is 8.70. The van der Waals surface area contributed by atoms with E-state index in [1.807, 2.05) is 35.8 Å². The van der Waals surface area contributed by atoms with Crippen LogP contribution in [0.3, 0.4) is 0 Å². The third-order valence-corrected chi connectivity index (χ3v) is 4.81. The summed E-state index contributed by atoms with van der Waals surface area (Å²) in [5.41, 5.74) is 1.21. The molecule has 7 nitrogen and oxygen atoms in total. The van der Waals surface area contributed by atoms with Crippen molar-refractivity contribution < 1.29 is 4.42 Å². The van der Waals surface area contributed by atoms with Gasteiger partial charge in [-0.05, 0) is 19.1 Å². The zero-order valence-corrected chi connectivity index (χ0v) is 14.3. The number of furan rings is 1. The van der Waals surface area contributed by atoms with Crippen LogP contribution in [0.25, 0.3) is 22.1 Å². The first-order valence-electron chi connectivity index (χ1n) is 7.71. The van der Waals surface area contributed by atoms with Gasteiger partial charge >= 0.3 is 0 Å². The van der Waals surface area contributed by atoms with E-state index in [0.29, 0.717) is 29.2 Å². The highest BCUT2D eigenvalue weighted by Crippen LogP contribution is 2.26. The van der Waals surface area contributed by atoms with Crippen molar-refractivity contribution >= 4 is 33.8 Å². The third kappa shape index (κ3) is 2.74. The maximum atomic E-state index is 12.3. The molecule has 0 atom stereocenters. The normalized spacial score (nSPS) is 11.4. The molecule has 0 fully saturated rings. The quantitative estimate of drug-likeness (QED) is 0.438. The van der Waals surface area contributed by atoms with E-state index >= 15 is 0 Å². The Kier molecular flexibility index (Phi) is 3.89. The fourth-order valence-electron chi connectivity index (χ4n) is 2.66. The van der Waals surface area contributed by atoms with Gasteiger partial charge in [-0.3, -0.25) is 4.79 Å². The zero-order chi connectivity index (χ0) is 17.4. The standard InChI is InChI=1S/C17H15N5O2S/c1-3-8-22-10(2)20-21-17(22)25-9-13-18-14-11-6-4-5-7-12(11)24-15(14)16(23)19-13/h3-7H,1,8-9H2,2H3,(H,18,19,23). The fraction of sp³-hybridized carbons (Fsp3) is 0.176. The largest absolute Gasteiger partial charge is 0.449 e. The van der Waals surface area contributed by atoms with Crippen LogP contribution in [0.5, 0.6) is 0 Å². The Labute approximate surface area is 146 Å². The number of para-hydroxylation sites is 1. The topological polar surface area (TPSA) is 89.6 Å². The SMILES string of the molecule is C=CCn1c(C)nnc1SCc1nc2c(oc3ccccc32)c(=O)[nH]1. The van der Waals surface area contributed by atoms with Crippen LogP contribution in [-0.4, -0.2) is 24.7 Å². The van der Waals surface area contributed by atoms with Gasteiger partial charge in [-0.25, -0.2) is 4.98 Å². The molecule has 0 unspecified atom stereocenters. The number of hydrogen-bond donors (Lipinski definition) is 1. The molecule has 0 saturated heterocycles. The Balaban J connectivity index is 1.69. The molecule has 0 amide bonds. The van der Waals surface area contributed by atoms with Crippen LogP contribution in [0.1, 0.15) is 11.6 Å². The predicted octanol–water partition coefficient (Wildman–Crippen LogP) is 3.05. The average molecular weight is 353 g/mol. The van der Waals surface area contributed by atoms with E-state index in [0.717, 1.165) is 16.4 Å². The van der Waals surface area contributed by atoms with Crippen LogP contribution in [0.4, 0.5) is 0 Å². The molecular weight excluding hydrogens is 338 g/mol. The first-order chi connectivity index (χ1) is 12.2. The van der Waals surface area contributed by atoms with Crippen LogP contribution in [0.2, 0.25) is 0 Å². The van der Waals surface area contributed by atoms with Crippen LogP contribution in [-0.2, 0) is 12.3 Å². The highest BCUT2D eigenvalue weighted by atomic mass is 32.2. The molecule has 0 aliphatic carbocycles. The number of thioether (sulfide) groups is 1. The van der Waals surface area contributed by atoms with Crippen molar-refractivity contribution in [3.8, 4) is 0 Å². The number of aryl methyl sites for hydroxylation is 1. The van der Waals surface area contributed by atoms with Crippen molar-refractivity contribution in [3.05, 3.63) is 58.9 Å². The number of nitrogens with zero attached hydrogens (tertiary/aromatic N) is 4. The zero-order valence-electron chi connectivity index (χ0n) is 13.5. The molecule has 0 aliphatic rings. The van der Waals surface area contributed by atoms with Gasteiger partial charge in [0.05, 0.1) is 5.75 Å². The summed E-state index contributed by atoms with van der Waals surface area (Å²) < 4.78 is 7.56. The lowest BCUT2D eigenvalue weighted by Crippen LogP contribution is -2.10. The minimum absolute atomic E-state index is 0.251. The number of rotatable bonds is 5. The summed E-state index contributed by atoms with van der Waals surface area (Å²) in [6.45, 7) is 6.28. The van der Waals surface area contributed by atoms with Gasteiger partial charge < -0.3 is 14.0 Å². The van der Waals surface area contributed by atoms with E-state index in [4.69, 9.17) is 4.42 Å². The Morgan fingerprint density at radius 1 is 1.36 bits per heavy atom. The van der Waals surface area contributed by atoms with Gasteiger partial charge in [-0.15, -0.1) is 16.8 Å². The molecule has 0 saturated carbocycles. The van der Waals surface area contributed by atoms with Gasteiger partial charge in [0, 0.05) is 11.9 Å². The molecule has 3 heterocycles. The molecule has 4 aromatic rings. The molecule has 1 aromatic carbocycles. The van der Waals surface area contributed by atoms with Crippen LogP contribution < -0.4 is 5.56 Å². The third-order valence-electron chi connectivity index (χ3n) is 3.83. The molecule has 4 rings (SSSR count). The summed E-state index contributed by atoms with van der Waals surface area (Å²) in [6, 6.07) is 7.49. The lowest BCUT2D eigenvalue weighted by atomic mass is 10.2. The van der Waals surface area contributed by atoms with Gasteiger partial charge in [0.1, 0.15) is 22.7 Å². The maximum absolute atomic E-state index is 12.3. The van der Waals surface area contributed by atoms with Gasteiger partial charge in [0.2, 0.25) is 5.58 Å². The summed E-state index contributed by atoms with van der Waals surface area (Å²) in [6.07, 6.45) is 1.80. The molecular formula is C17H15N5O2S. The Bertz CT molecular complexity index is 1140. The summed E-state index contributed by atoms with van der Waals surface area (Å²) in [5, 5.41) is 9.84. The Morgan fingerprint density at radius 2 is 2.20 bits per heavy atom. The van der Waals surface area contributed by atoms with Gasteiger partial charge in [0.15, 0.2) is 5.16 Å². The second-order valence-electron chi connectivity index (χ2n) is 5.51. The summed E-state index contributed by atoms with van der Waals surface area (Å²) in [5.74, 6) is 1.86. The van der Waals surface area contributed by atoms with Crippen molar-refractivity contribution in [1.82, 2.24) is 24.7 Å². The average Bonchev–Trinajstić information content (AvgIpc) is 3.15. The minimum atomic E-state index is -0.277. The van der Waals surface area contributed by atoms with Crippen molar-refractivity contribution in [1.29, 1.82) is 0 Å². The minimum Gasteiger partial charge on any atom is -0.449 e. The first kappa shape index (κ1) is 15.6. The molecule has 0 radical (unpaired) electrons. The van der Waals surface area contributed by atoms with E-state index in [2.05, 4.69) is 26.7 Å². The number of aromatic nitrogens is 5. The van der Waals surface area contributed by atoms with Crippen LogP contribution in [0.15, 0.2) is 51.3 Å². The molecule has 25 heavy (non-hydrogen) atoms. The van der Waals surface area contributed by atoms with E-state index in [9.17, 15) is 4.79 Å². The monoisotopic (exact) mass is 353 g/mol. The summed E-state index contributed by atoms with van der Waals surface area (Å²) in [4.78, 5) is 19.7. The Hall–Kier alpha value is -2.87. The lowest BCUT2D eigenvalue weighted by molar-refractivity contribution is 0.660. The molecule has 126 valence electrons. The van der Waals surface area contributed by atoms with Gasteiger partial charge in [-0.2, -0.15) is 0 Å². The van der Waals surface area contributed by atoms with Crippen LogP contribution in [0, 0.1) is 6.92 Å². The summed E-state index contributed by atoms with van der Waals surface area (Å²) in [7, 11) is 0. The lowest BCUT2D eigenvalue weighted by Gasteiger charge is -2.04. The van der Waals surface area contributed by atoms with Crippen molar-refractivity contribution in [2.75, 3.05) is 0 Å². The number of allylic oxidation sites excluding steroid dienone is 1. The Morgan fingerprint density at radius 3 is 3.04 bits per heavy atom. The molecule has 0 spiro atoms. The molecule has 0 aliphatic heterocycles. The molecule has 8 heteroatoms. The maximum Gasteiger partial charge on any atom is 0.294 e. The highest BCUT2D eigenvalue weighted by Gasteiger charge is 2.14. The van der Waals surface area contributed by atoms with E-state index in [1.165, 1.54) is 11.8 Å². The molecule has 0 bridgehead atoms. The smallest absolute Gasteiger partial charge is 0.294 e.